The fourth-order valence-corrected chi connectivity index (χ4v) is 1.31. The maximum absolute atomic E-state index is 5.49. The van der Waals surface area contributed by atoms with Crippen molar-refractivity contribution in [2.75, 3.05) is 0 Å². The van der Waals surface area contributed by atoms with Gasteiger partial charge in [-0.15, -0.1) is 5.10 Å². The van der Waals surface area contributed by atoms with Crippen LogP contribution in [0.3, 0.4) is 0 Å². The molecule has 6 nitrogen and oxygen atoms in total. The molecule has 0 N–H and O–H groups in total. The number of halogens is 2. The van der Waals surface area contributed by atoms with Gasteiger partial charge in [0.15, 0.2) is 5.15 Å². The second-order valence-corrected chi connectivity index (χ2v) is 5.19. The Hall–Kier alpha value is -2.18. The highest BCUT2D eigenvalue weighted by atomic mass is 35.5. The molecule has 0 saturated carbocycles. The van der Waals surface area contributed by atoms with Gasteiger partial charge in [-0.05, 0) is 44.5 Å². The lowest BCUT2D eigenvalue weighted by Gasteiger charge is -1.86. The van der Waals surface area contributed by atoms with Gasteiger partial charge in [0.05, 0.1) is 16.9 Å². The molecule has 29 heavy (non-hydrogen) atoms. The first-order valence-electron chi connectivity index (χ1n) is 9.60. The van der Waals surface area contributed by atoms with E-state index in [1.165, 1.54) is 0 Å². The van der Waals surface area contributed by atoms with Crippen LogP contribution in [0.1, 0.15) is 58.6 Å². The van der Waals surface area contributed by atoms with Gasteiger partial charge in [0.2, 0.25) is 0 Å². The maximum atomic E-state index is 5.49. The molecule has 0 radical (unpaired) electrons. The van der Waals surface area contributed by atoms with Crippen LogP contribution in [0.2, 0.25) is 10.2 Å². The average Bonchev–Trinajstić information content (AvgIpc) is 2.78. The predicted octanol–water partition coefficient (Wildman–Crippen LogP) is 6.74. The SMILES string of the molecule is CC.CC.CC.Cc1ccc(Cl)nn1.Cc1ccnnc1.Cc1ncc(Cl)cn1. The Morgan fingerprint density at radius 3 is 1.48 bits per heavy atom. The highest BCUT2D eigenvalue weighted by molar-refractivity contribution is 6.30. The minimum Gasteiger partial charge on any atom is -0.240 e. The summed E-state index contributed by atoms with van der Waals surface area (Å²) in [6.07, 6.45) is 6.54. The van der Waals surface area contributed by atoms with Crippen molar-refractivity contribution in [3.8, 4) is 0 Å². The van der Waals surface area contributed by atoms with E-state index in [4.69, 9.17) is 23.2 Å². The molecule has 162 valence electrons. The van der Waals surface area contributed by atoms with Gasteiger partial charge in [-0.3, -0.25) is 0 Å². The van der Waals surface area contributed by atoms with Crippen molar-refractivity contribution >= 4 is 23.2 Å². The fourth-order valence-electron chi connectivity index (χ4n) is 1.12. The van der Waals surface area contributed by atoms with Crippen LogP contribution in [0.15, 0.2) is 43.0 Å². The Balaban J connectivity index is -0.000000310. The summed E-state index contributed by atoms with van der Waals surface area (Å²) in [5.74, 6) is 0.745. The molecule has 3 rings (SSSR count). The molecular formula is C21H34Cl2N6. The molecule has 0 amide bonds. The Labute approximate surface area is 186 Å². The van der Waals surface area contributed by atoms with Crippen molar-refractivity contribution in [2.24, 2.45) is 0 Å². The molecule has 3 aromatic heterocycles. The number of rotatable bonds is 0. The molecule has 0 spiro atoms. The highest BCUT2D eigenvalue weighted by Crippen LogP contribution is 2.01. The maximum Gasteiger partial charge on any atom is 0.151 e. The van der Waals surface area contributed by atoms with Gasteiger partial charge in [0, 0.05) is 18.6 Å². The number of nitrogens with zero attached hydrogens (tertiary/aromatic N) is 6. The van der Waals surface area contributed by atoms with Crippen molar-refractivity contribution < 1.29 is 0 Å². The predicted molar refractivity (Wildman–Crippen MR) is 124 cm³/mol. The van der Waals surface area contributed by atoms with Crippen molar-refractivity contribution in [1.29, 1.82) is 0 Å². The van der Waals surface area contributed by atoms with Crippen LogP contribution in [0.25, 0.3) is 0 Å². The highest BCUT2D eigenvalue weighted by Gasteiger charge is 1.85. The molecular weight excluding hydrogens is 407 g/mol. The van der Waals surface area contributed by atoms with Gasteiger partial charge in [0.1, 0.15) is 5.82 Å². The van der Waals surface area contributed by atoms with E-state index in [0.717, 1.165) is 17.1 Å². The summed E-state index contributed by atoms with van der Waals surface area (Å²) >= 11 is 10.9. The zero-order valence-electron chi connectivity index (χ0n) is 19.0. The number of aromatic nitrogens is 6. The van der Waals surface area contributed by atoms with Crippen molar-refractivity contribution in [3.05, 3.63) is 70.2 Å². The van der Waals surface area contributed by atoms with Gasteiger partial charge in [-0.2, -0.15) is 15.3 Å². The lowest BCUT2D eigenvalue weighted by molar-refractivity contribution is 0.981. The summed E-state index contributed by atoms with van der Waals surface area (Å²) in [4.78, 5) is 7.67. The van der Waals surface area contributed by atoms with E-state index in [9.17, 15) is 0 Å². The number of hydrogen-bond acceptors (Lipinski definition) is 6. The van der Waals surface area contributed by atoms with E-state index < -0.39 is 0 Å². The number of hydrogen-bond donors (Lipinski definition) is 0. The summed E-state index contributed by atoms with van der Waals surface area (Å²) in [5, 5.41) is 15.5. The monoisotopic (exact) mass is 440 g/mol. The smallest absolute Gasteiger partial charge is 0.151 e. The van der Waals surface area contributed by atoms with Crippen LogP contribution in [0.4, 0.5) is 0 Å². The van der Waals surface area contributed by atoms with E-state index in [2.05, 4.69) is 30.4 Å². The molecule has 8 heteroatoms. The largest absolute Gasteiger partial charge is 0.240 e. The number of aryl methyl sites for hydroxylation is 3. The molecule has 0 saturated heterocycles. The zero-order chi connectivity index (χ0) is 23.1. The lowest BCUT2D eigenvalue weighted by atomic mass is 10.4. The van der Waals surface area contributed by atoms with Gasteiger partial charge in [0.25, 0.3) is 0 Å². The van der Waals surface area contributed by atoms with Gasteiger partial charge in [-0.1, -0.05) is 64.7 Å². The van der Waals surface area contributed by atoms with E-state index in [-0.39, 0.29) is 0 Å². The van der Waals surface area contributed by atoms with Crippen LogP contribution in [-0.2, 0) is 0 Å². The molecule has 3 aromatic rings. The summed E-state index contributed by atoms with van der Waals surface area (Å²) < 4.78 is 0. The normalized spacial score (nSPS) is 7.83. The Morgan fingerprint density at radius 1 is 0.655 bits per heavy atom. The fraction of sp³-hybridized carbons (Fsp3) is 0.429. The average molecular weight is 441 g/mol. The van der Waals surface area contributed by atoms with E-state index in [0.29, 0.717) is 10.2 Å². The molecule has 0 unspecified atom stereocenters. The first-order valence-corrected chi connectivity index (χ1v) is 10.4. The molecule has 3 heterocycles. The first kappa shape index (κ1) is 31.5. The minimum atomic E-state index is 0.440. The van der Waals surface area contributed by atoms with Crippen LogP contribution >= 0.6 is 23.2 Å². The molecule has 0 bridgehead atoms. The van der Waals surface area contributed by atoms with Gasteiger partial charge in [-0.25, -0.2) is 9.97 Å². The summed E-state index contributed by atoms with van der Waals surface area (Å²) in [5.41, 5.74) is 2.03. The molecule has 0 aliphatic carbocycles. The molecule has 0 aliphatic heterocycles. The minimum absolute atomic E-state index is 0.440. The third kappa shape index (κ3) is 22.0. The quantitative estimate of drug-likeness (QED) is 0.384. The third-order valence-corrected chi connectivity index (χ3v) is 2.64. The van der Waals surface area contributed by atoms with Crippen LogP contribution in [0, 0.1) is 20.8 Å². The Kier molecular flexibility index (Phi) is 25.9. The van der Waals surface area contributed by atoms with Gasteiger partial charge < -0.3 is 0 Å². The zero-order valence-corrected chi connectivity index (χ0v) is 20.5. The van der Waals surface area contributed by atoms with Gasteiger partial charge >= 0.3 is 0 Å². The van der Waals surface area contributed by atoms with Crippen LogP contribution in [0.5, 0.6) is 0 Å². The van der Waals surface area contributed by atoms with Crippen LogP contribution < -0.4 is 0 Å². The molecule has 0 atom stereocenters. The molecule has 0 fully saturated rings. The Bertz CT molecular complexity index is 592. The van der Waals surface area contributed by atoms with Crippen molar-refractivity contribution in [2.45, 2.75) is 62.3 Å². The Morgan fingerprint density at radius 2 is 1.21 bits per heavy atom. The second kappa shape index (κ2) is 23.9. The topological polar surface area (TPSA) is 77.3 Å². The van der Waals surface area contributed by atoms with E-state index in [1.807, 2.05) is 74.4 Å². The summed E-state index contributed by atoms with van der Waals surface area (Å²) in [7, 11) is 0. The van der Waals surface area contributed by atoms with Crippen LogP contribution in [-0.4, -0.2) is 30.4 Å². The molecule has 0 aliphatic rings. The van der Waals surface area contributed by atoms with E-state index >= 15 is 0 Å². The summed E-state index contributed by atoms with van der Waals surface area (Å²) in [6.45, 7) is 17.7. The lowest BCUT2D eigenvalue weighted by Crippen LogP contribution is -1.83. The third-order valence-electron chi connectivity index (χ3n) is 2.25. The van der Waals surface area contributed by atoms with Crippen molar-refractivity contribution in [3.63, 3.8) is 0 Å². The summed E-state index contributed by atoms with van der Waals surface area (Å²) in [6, 6.07) is 5.44. The second-order valence-electron chi connectivity index (χ2n) is 4.37. The molecule has 0 aromatic carbocycles. The van der Waals surface area contributed by atoms with Crippen molar-refractivity contribution in [1.82, 2.24) is 30.4 Å². The standard InChI is InChI=1S/2C5H5ClN2.C5H6N2.3C2H6/c1-4-7-2-5(6)3-8-4;1-4-2-3-5(6)8-7-4;1-5-2-3-6-7-4-5;3*1-2/h2*2-3H,1H3;2-4H,1H3;3*1-2H3. The first-order chi connectivity index (χ1) is 14.0. The van der Waals surface area contributed by atoms with E-state index in [1.54, 1.807) is 30.9 Å².